The number of piperazine rings is 1. The van der Waals surface area contributed by atoms with Crippen LogP contribution in [0.4, 0.5) is 0 Å². The van der Waals surface area contributed by atoms with Crippen molar-refractivity contribution in [1.29, 1.82) is 0 Å². The molecule has 1 aromatic carbocycles. The topological polar surface area (TPSA) is 77.8 Å². The Balaban J connectivity index is 2.09. The molecule has 9 nitrogen and oxygen atoms in total. The number of nitrogens with zero attached hydrogens (tertiary/aromatic N) is 6. The molecule has 1 atom stereocenters. The summed E-state index contributed by atoms with van der Waals surface area (Å²) in [5.74, 6) is 2.65. The van der Waals surface area contributed by atoms with E-state index in [4.69, 9.17) is 14.2 Å². The molecule has 0 N–H and O–H groups in total. The van der Waals surface area contributed by atoms with Gasteiger partial charge in [-0.25, -0.2) is 4.68 Å². The summed E-state index contributed by atoms with van der Waals surface area (Å²) in [5, 5.41) is 12.6. The van der Waals surface area contributed by atoms with Crippen molar-refractivity contribution in [2.45, 2.75) is 32.9 Å². The van der Waals surface area contributed by atoms with E-state index in [2.05, 4.69) is 46.1 Å². The van der Waals surface area contributed by atoms with Crippen LogP contribution in [-0.4, -0.2) is 84.1 Å². The van der Waals surface area contributed by atoms with Gasteiger partial charge in [0, 0.05) is 26.2 Å². The largest absolute Gasteiger partial charge is 0.493 e. The van der Waals surface area contributed by atoms with E-state index in [0.717, 1.165) is 44.1 Å². The highest BCUT2D eigenvalue weighted by Gasteiger charge is 2.32. The van der Waals surface area contributed by atoms with Gasteiger partial charge < -0.3 is 19.1 Å². The van der Waals surface area contributed by atoms with Gasteiger partial charge in [-0.05, 0) is 48.5 Å². The first-order valence-corrected chi connectivity index (χ1v) is 10.1. The van der Waals surface area contributed by atoms with Gasteiger partial charge in [0.2, 0.25) is 5.75 Å². The zero-order chi connectivity index (χ0) is 21.0. The second kappa shape index (κ2) is 9.41. The maximum atomic E-state index is 5.60. The van der Waals surface area contributed by atoms with E-state index in [1.807, 2.05) is 16.8 Å². The molecule has 0 aliphatic carbocycles. The van der Waals surface area contributed by atoms with Crippen LogP contribution >= 0.6 is 0 Å². The minimum Gasteiger partial charge on any atom is -0.493 e. The van der Waals surface area contributed by atoms with Crippen molar-refractivity contribution in [2.24, 2.45) is 0 Å². The Kier molecular flexibility index (Phi) is 6.92. The Morgan fingerprint density at radius 1 is 0.966 bits per heavy atom. The third-order valence-electron chi connectivity index (χ3n) is 5.47. The SMILES string of the molecule is CCN1CCN([C@H](c2cc(OC)c(OC)c(OC)c2)c2nnnn2C(C)C)CC1. The first-order chi connectivity index (χ1) is 14.0. The molecule has 160 valence electrons. The first-order valence-electron chi connectivity index (χ1n) is 10.1. The summed E-state index contributed by atoms with van der Waals surface area (Å²) in [6.07, 6.45) is 0. The molecule has 0 spiro atoms. The van der Waals surface area contributed by atoms with Crippen LogP contribution in [0.15, 0.2) is 12.1 Å². The molecule has 1 aliphatic heterocycles. The average Bonchev–Trinajstić information content (AvgIpc) is 3.23. The molecule has 9 heteroatoms. The normalized spacial score (nSPS) is 16.8. The standard InChI is InChI=1S/C20H32N6O3/c1-7-24-8-10-25(11-9-24)18(20-21-22-23-26(20)14(2)3)15-12-16(27-4)19(29-6)17(13-15)28-5/h12-14,18H,7-11H2,1-6H3/t18-/m1/s1. The highest BCUT2D eigenvalue weighted by atomic mass is 16.5. The maximum absolute atomic E-state index is 5.60. The minimum atomic E-state index is -0.111. The number of ether oxygens (including phenoxy) is 3. The van der Waals surface area contributed by atoms with E-state index >= 15 is 0 Å². The van der Waals surface area contributed by atoms with Crippen LogP contribution in [0.25, 0.3) is 0 Å². The molecule has 0 saturated carbocycles. The molecule has 2 aromatic rings. The number of hydrogen-bond donors (Lipinski definition) is 0. The lowest BCUT2D eigenvalue weighted by Crippen LogP contribution is -2.48. The van der Waals surface area contributed by atoms with Gasteiger partial charge in [-0.3, -0.25) is 4.90 Å². The molecular formula is C20H32N6O3. The number of rotatable bonds is 8. The lowest BCUT2D eigenvalue weighted by molar-refractivity contribution is 0.107. The number of benzene rings is 1. The van der Waals surface area contributed by atoms with Gasteiger partial charge >= 0.3 is 0 Å². The lowest BCUT2D eigenvalue weighted by Gasteiger charge is -2.38. The van der Waals surface area contributed by atoms with Crippen molar-refractivity contribution in [3.8, 4) is 17.2 Å². The molecule has 1 saturated heterocycles. The third-order valence-corrected chi connectivity index (χ3v) is 5.47. The minimum absolute atomic E-state index is 0.111. The number of methoxy groups -OCH3 is 3. The van der Waals surface area contributed by atoms with Gasteiger partial charge in [-0.15, -0.1) is 5.10 Å². The van der Waals surface area contributed by atoms with Gasteiger partial charge in [0.1, 0.15) is 0 Å². The van der Waals surface area contributed by atoms with Crippen molar-refractivity contribution in [2.75, 3.05) is 54.1 Å². The maximum Gasteiger partial charge on any atom is 0.203 e. The Hall–Kier alpha value is -2.39. The molecule has 3 rings (SSSR count). The van der Waals surface area contributed by atoms with Crippen LogP contribution in [-0.2, 0) is 0 Å². The summed E-state index contributed by atoms with van der Waals surface area (Å²) in [5.41, 5.74) is 1.01. The highest BCUT2D eigenvalue weighted by Crippen LogP contribution is 2.42. The van der Waals surface area contributed by atoms with Crippen LogP contribution in [0.1, 0.15) is 44.2 Å². The molecule has 1 fully saturated rings. The summed E-state index contributed by atoms with van der Waals surface area (Å²) in [7, 11) is 4.88. The van der Waals surface area contributed by atoms with E-state index in [1.54, 1.807) is 21.3 Å². The van der Waals surface area contributed by atoms with Crippen LogP contribution in [0.3, 0.4) is 0 Å². The van der Waals surface area contributed by atoms with Crippen LogP contribution in [0.2, 0.25) is 0 Å². The van der Waals surface area contributed by atoms with Crippen LogP contribution in [0, 0.1) is 0 Å². The molecule has 1 aromatic heterocycles. The summed E-state index contributed by atoms with van der Waals surface area (Å²) in [4.78, 5) is 4.88. The molecule has 29 heavy (non-hydrogen) atoms. The van der Waals surface area contributed by atoms with Gasteiger partial charge in [-0.2, -0.15) is 0 Å². The second-order valence-corrected chi connectivity index (χ2v) is 7.41. The van der Waals surface area contributed by atoms with Crippen molar-refractivity contribution in [3.63, 3.8) is 0 Å². The second-order valence-electron chi connectivity index (χ2n) is 7.41. The summed E-state index contributed by atoms with van der Waals surface area (Å²) in [6, 6.07) is 4.04. The highest BCUT2D eigenvalue weighted by molar-refractivity contribution is 5.55. The van der Waals surface area contributed by atoms with Gasteiger partial charge in [0.05, 0.1) is 33.4 Å². The zero-order valence-electron chi connectivity index (χ0n) is 18.3. The van der Waals surface area contributed by atoms with E-state index in [9.17, 15) is 0 Å². The number of likely N-dealkylation sites (N-methyl/N-ethyl adjacent to an activating group) is 1. The van der Waals surface area contributed by atoms with E-state index < -0.39 is 0 Å². The van der Waals surface area contributed by atoms with Crippen LogP contribution < -0.4 is 14.2 Å². The molecular weight excluding hydrogens is 372 g/mol. The molecule has 2 heterocycles. The lowest BCUT2D eigenvalue weighted by atomic mass is 10.0. The van der Waals surface area contributed by atoms with Crippen molar-refractivity contribution in [3.05, 3.63) is 23.5 Å². The van der Waals surface area contributed by atoms with Crippen molar-refractivity contribution >= 4 is 0 Å². The molecule has 0 unspecified atom stereocenters. The quantitative estimate of drug-likeness (QED) is 0.661. The Labute approximate surface area is 172 Å². The molecule has 1 aliphatic rings. The first kappa shape index (κ1) is 21.3. The Bertz CT molecular complexity index is 776. The number of hydrogen-bond acceptors (Lipinski definition) is 8. The fourth-order valence-electron chi connectivity index (χ4n) is 3.87. The predicted octanol–water partition coefficient (Wildman–Crippen LogP) is 2.01. The molecule has 0 bridgehead atoms. The van der Waals surface area contributed by atoms with Gasteiger partial charge in [0.15, 0.2) is 17.3 Å². The van der Waals surface area contributed by atoms with Crippen molar-refractivity contribution < 1.29 is 14.2 Å². The Morgan fingerprint density at radius 3 is 2.07 bits per heavy atom. The molecule has 0 radical (unpaired) electrons. The van der Waals surface area contributed by atoms with Crippen molar-refractivity contribution in [1.82, 2.24) is 30.0 Å². The fourth-order valence-corrected chi connectivity index (χ4v) is 3.87. The zero-order valence-corrected chi connectivity index (χ0v) is 18.3. The predicted molar refractivity (Wildman–Crippen MR) is 110 cm³/mol. The van der Waals surface area contributed by atoms with E-state index in [-0.39, 0.29) is 12.1 Å². The Morgan fingerprint density at radius 2 is 1.59 bits per heavy atom. The molecule has 0 amide bonds. The summed E-state index contributed by atoms with van der Waals surface area (Å²) < 4.78 is 18.6. The van der Waals surface area contributed by atoms with E-state index in [1.165, 1.54) is 0 Å². The van der Waals surface area contributed by atoms with Crippen LogP contribution in [0.5, 0.6) is 17.2 Å². The number of aromatic nitrogens is 4. The average molecular weight is 405 g/mol. The third kappa shape index (κ3) is 4.30. The fraction of sp³-hybridized carbons (Fsp3) is 0.650. The number of tetrazole rings is 1. The summed E-state index contributed by atoms with van der Waals surface area (Å²) in [6.45, 7) is 11.3. The smallest absolute Gasteiger partial charge is 0.203 e. The van der Waals surface area contributed by atoms with Gasteiger partial charge in [-0.1, -0.05) is 6.92 Å². The summed E-state index contributed by atoms with van der Waals surface area (Å²) >= 11 is 0. The van der Waals surface area contributed by atoms with E-state index in [0.29, 0.717) is 17.2 Å². The monoisotopic (exact) mass is 404 g/mol. The van der Waals surface area contributed by atoms with Gasteiger partial charge in [0.25, 0.3) is 0 Å².